The van der Waals surface area contributed by atoms with Gasteiger partial charge in [0.15, 0.2) is 0 Å². The van der Waals surface area contributed by atoms with E-state index < -0.39 is 7.75 Å². The minimum atomic E-state index is -3.50. The van der Waals surface area contributed by atoms with Crippen molar-refractivity contribution in [3.05, 3.63) is 35.9 Å². The number of methoxy groups -OCH3 is 1. The van der Waals surface area contributed by atoms with Gasteiger partial charge in [-0.05, 0) is 44.2 Å². The lowest BCUT2D eigenvalue weighted by molar-refractivity contribution is -0.0373. The molecule has 0 atom stereocenters. The van der Waals surface area contributed by atoms with Crippen LogP contribution in [0.5, 0.6) is 5.75 Å². The standard InChI is InChI=1S/C14H20NO5P/c1-4-19-21(16,20-5-2)15-14(10-11-18-15)12-6-8-13(17-3)9-7-12/h6-10H,4-5,11H2,1-3H3. The van der Waals surface area contributed by atoms with Gasteiger partial charge >= 0.3 is 7.75 Å². The lowest BCUT2D eigenvalue weighted by Crippen LogP contribution is -2.18. The number of hydrogen-bond acceptors (Lipinski definition) is 5. The van der Waals surface area contributed by atoms with Crippen molar-refractivity contribution in [1.29, 1.82) is 0 Å². The van der Waals surface area contributed by atoms with Crippen LogP contribution in [0.25, 0.3) is 5.70 Å². The highest BCUT2D eigenvalue weighted by Crippen LogP contribution is 2.57. The van der Waals surface area contributed by atoms with Gasteiger partial charge in [-0.2, -0.15) is 4.83 Å². The molecule has 0 fully saturated rings. The molecule has 0 radical (unpaired) electrons. The lowest BCUT2D eigenvalue weighted by Gasteiger charge is -2.28. The van der Waals surface area contributed by atoms with Crippen molar-refractivity contribution in [3.63, 3.8) is 0 Å². The van der Waals surface area contributed by atoms with Crippen LogP contribution < -0.4 is 4.74 Å². The number of rotatable bonds is 7. The molecule has 6 nitrogen and oxygen atoms in total. The quantitative estimate of drug-likeness (QED) is 0.719. The molecule has 1 aromatic rings. The van der Waals surface area contributed by atoms with Crippen LogP contribution in [0.15, 0.2) is 30.3 Å². The number of hydrogen-bond donors (Lipinski definition) is 0. The number of nitrogens with zero attached hydrogens (tertiary/aromatic N) is 1. The summed E-state index contributed by atoms with van der Waals surface area (Å²) in [6.45, 7) is 4.39. The van der Waals surface area contributed by atoms with E-state index in [1.165, 1.54) is 4.83 Å². The Balaban J connectivity index is 2.27. The predicted octanol–water partition coefficient (Wildman–Crippen LogP) is 3.46. The zero-order valence-corrected chi connectivity index (χ0v) is 13.3. The van der Waals surface area contributed by atoms with Crippen LogP contribution in [0.4, 0.5) is 0 Å². The highest BCUT2D eigenvalue weighted by Gasteiger charge is 2.39. The van der Waals surface area contributed by atoms with Gasteiger partial charge in [0, 0.05) is 5.56 Å². The Morgan fingerprint density at radius 2 is 1.81 bits per heavy atom. The molecule has 1 aliphatic heterocycles. The molecule has 0 amide bonds. The van der Waals surface area contributed by atoms with Crippen molar-refractivity contribution in [2.45, 2.75) is 13.8 Å². The fourth-order valence-corrected chi connectivity index (χ4v) is 3.60. The van der Waals surface area contributed by atoms with E-state index >= 15 is 0 Å². The number of hydroxylamine groups is 1. The summed E-state index contributed by atoms with van der Waals surface area (Å²) >= 11 is 0. The van der Waals surface area contributed by atoms with Gasteiger partial charge in [-0.25, -0.2) is 4.57 Å². The van der Waals surface area contributed by atoms with Crippen LogP contribution in [0.2, 0.25) is 0 Å². The Morgan fingerprint density at radius 1 is 1.19 bits per heavy atom. The molecule has 0 bridgehead atoms. The van der Waals surface area contributed by atoms with E-state index in [2.05, 4.69) is 0 Å². The molecule has 1 aliphatic rings. The van der Waals surface area contributed by atoms with E-state index in [4.69, 9.17) is 18.6 Å². The maximum Gasteiger partial charge on any atom is 0.458 e. The van der Waals surface area contributed by atoms with Crippen LogP contribution >= 0.6 is 7.75 Å². The molecule has 0 N–H and O–H groups in total. The minimum absolute atomic E-state index is 0.271. The van der Waals surface area contributed by atoms with Gasteiger partial charge in [-0.3, -0.25) is 13.9 Å². The summed E-state index contributed by atoms with van der Waals surface area (Å²) in [6, 6.07) is 7.40. The molecule has 116 valence electrons. The molecule has 0 aliphatic carbocycles. The fourth-order valence-electron chi connectivity index (χ4n) is 2.00. The SMILES string of the molecule is CCOP(=O)(OCC)N1OCC=C1c1ccc(OC)cc1. The smallest absolute Gasteiger partial charge is 0.458 e. The fraction of sp³-hybridized carbons (Fsp3) is 0.429. The van der Waals surface area contributed by atoms with E-state index in [-0.39, 0.29) is 13.2 Å². The molecule has 0 saturated heterocycles. The van der Waals surface area contributed by atoms with E-state index in [1.807, 2.05) is 30.3 Å². The number of benzene rings is 1. The highest BCUT2D eigenvalue weighted by atomic mass is 31.2. The van der Waals surface area contributed by atoms with E-state index in [1.54, 1.807) is 21.0 Å². The monoisotopic (exact) mass is 313 g/mol. The van der Waals surface area contributed by atoms with E-state index in [0.717, 1.165) is 11.3 Å². The van der Waals surface area contributed by atoms with Crippen molar-refractivity contribution in [2.24, 2.45) is 0 Å². The lowest BCUT2D eigenvalue weighted by atomic mass is 10.1. The molecular formula is C14H20NO5P. The third kappa shape index (κ3) is 3.47. The maximum absolute atomic E-state index is 12.8. The second-order valence-corrected chi connectivity index (χ2v) is 6.01. The zero-order chi connectivity index (χ0) is 15.3. The second-order valence-electron chi connectivity index (χ2n) is 4.19. The zero-order valence-electron chi connectivity index (χ0n) is 12.4. The first-order chi connectivity index (χ1) is 10.1. The first-order valence-electron chi connectivity index (χ1n) is 6.81. The van der Waals surface area contributed by atoms with Crippen LogP contribution in [-0.4, -0.2) is 31.8 Å². The number of ether oxygens (including phenoxy) is 1. The largest absolute Gasteiger partial charge is 0.497 e. The van der Waals surface area contributed by atoms with Crippen molar-refractivity contribution >= 4 is 13.4 Å². The van der Waals surface area contributed by atoms with Gasteiger partial charge in [0.25, 0.3) is 0 Å². The van der Waals surface area contributed by atoms with Gasteiger partial charge in [-0.15, -0.1) is 0 Å². The van der Waals surface area contributed by atoms with E-state index in [9.17, 15) is 4.57 Å². The van der Waals surface area contributed by atoms with Crippen LogP contribution in [0.3, 0.4) is 0 Å². The summed E-state index contributed by atoms with van der Waals surface area (Å²) in [5, 5.41) is 0. The Hall–Kier alpha value is -1.33. The van der Waals surface area contributed by atoms with Crippen molar-refractivity contribution in [1.82, 2.24) is 4.83 Å². The van der Waals surface area contributed by atoms with Crippen LogP contribution in [0.1, 0.15) is 19.4 Å². The molecule has 2 rings (SSSR count). The summed E-state index contributed by atoms with van der Waals surface area (Å²) in [5.41, 5.74) is 1.52. The first-order valence-corrected chi connectivity index (χ1v) is 8.31. The maximum atomic E-state index is 12.8. The molecule has 0 saturated carbocycles. The molecule has 7 heteroatoms. The minimum Gasteiger partial charge on any atom is -0.497 e. The van der Waals surface area contributed by atoms with Crippen molar-refractivity contribution in [2.75, 3.05) is 26.9 Å². The molecule has 0 unspecified atom stereocenters. The average Bonchev–Trinajstić information content (AvgIpc) is 2.98. The molecule has 0 spiro atoms. The van der Waals surface area contributed by atoms with Gasteiger partial charge in [-0.1, -0.05) is 0 Å². The summed E-state index contributed by atoms with van der Waals surface area (Å²) in [5.74, 6) is 0.752. The summed E-state index contributed by atoms with van der Waals surface area (Å²) in [4.78, 5) is 6.69. The van der Waals surface area contributed by atoms with E-state index in [0.29, 0.717) is 12.3 Å². The molecular weight excluding hydrogens is 293 g/mol. The third-order valence-electron chi connectivity index (χ3n) is 2.87. The van der Waals surface area contributed by atoms with Crippen LogP contribution in [-0.2, 0) is 18.5 Å². The third-order valence-corrected chi connectivity index (χ3v) is 4.82. The highest BCUT2D eigenvalue weighted by molar-refractivity contribution is 7.51. The topological polar surface area (TPSA) is 57.2 Å². The van der Waals surface area contributed by atoms with Gasteiger partial charge in [0.1, 0.15) is 5.75 Å². The normalized spacial score (nSPS) is 15.2. The first kappa shape index (κ1) is 16.0. The Kier molecular flexibility index (Phi) is 5.42. The molecule has 21 heavy (non-hydrogen) atoms. The summed E-state index contributed by atoms with van der Waals surface area (Å²) in [7, 11) is -1.89. The molecule has 0 aromatic heterocycles. The second kappa shape index (κ2) is 7.09. The Bertz CT molecular complexity index is 533. The van der Waals surface area contributed by atoms with Crippen molar-refractivity contribution in [3.8, 4) is 5.75 Å². The van der Waals surface area contributed by atoms with Gasteiger partial charge < -0.3 is 4.74 Å². The summed E-state index contributed by atoms with van der Waals surface area (Å²) < 4.78 is 28.6. The summed E-state index contributed by atoms with van der Waals surface area (Å²) in [6.07, 6.45) is 1.84. The molecule has 1 heterocycles. The molecule has 1 aromatic carbocycles. The average molecular weight is 313 g/mol. The van der Waals surface area contributed by atoms with Crippen molar-refractivity contribution < 1.29 is 23.2 Å². The Labute approximate surface area is 124 Å². The Morgan fingerprint density at radius 3 is 2.33 bits per heavy atom. The van der Waals surface area contributed by atoms with Gasteiger partial charge in [0.05, 0.1) is 32.6 Å². The van der Waals surface area contributed by atoms with Gasteiger partial charge in [0.2, 0.25) is 0 Å². The van der Waals surface area contributed by atoms with Crippen LogP contribution in [0, 0.1) is 0 Å². The predicted molar refractivity (Wildman–Crippen MR) is 79.6 cm³/mol.